The van der Waals surface area contributed by atoms with Crippen LogP contribution in [0.25, 0.3) is 0 Å². The van der Waals surface area contributed by atoms with Crippen LogP contribution in [-0.4, -0.2) is 51.1 Å². The van der Waals surface area contributed by atoms with Gasteiger partial charge in [-0.3, -0.25) is 19.7 Å². The van der Waals surface area contributed by atoms with Crippen molar-refractivity contribution < 1.29 is 23.9 Å². The number of nitrogens with zero attached hydrogens (tertiary/aromatic N) is 2. The van der Waals surface area contributed by atoms with Gasteiger partial charge in [-0.2, -0.15) is 0 Å². The molecule has 2 fully saturated rings. The average Bonchev–Trinajstić information content (AvgIpc) is 3.27. The molecule has 0 aliphatic carbocycles. The number of amides is 2. The van der Waals surface area contributed by atoms with Gasteiger partial charge in [-0.05, 0) is 55.8 Å². The van der Waals surface area contributed by atoms with Crippen LogP contribution in [0, 0.1) is 11.8 Å². The molecule has 2 saturated heterocycles. The maximum absolute atomic E-state index is 13.7. The van der Waals surface area contributed by atoms with E-state index in [0.29, 0.717) is 11.4 Å². The molecule has 8 nitrogen and oxygen atoms in total. The number of imide groups is 1. The third-order valence-corrected chi connectivity index (χ3v) is 6.59. The van der Waals surface area contributed by atoms with Gasteiger partial charge in [0.25, 0.3) is 0 Å². The van der Waals surface area contributed by atoms with Crippen molar-refractivity contribution in [3.05, 3.63) is 54.1 Å². The molecule has 0 bridgehead atoms. The number of anilines is 2. The standard InChI is InChI=1S/C25H29N3O5/c1-6-33-24(31)25(2)20-19(21(26-25)15-7-9-16(10-8-15)27(3)4)22(29)28(23(20)30)17-11-13-18(32-5)14-12-17/h7-14,19-21,26H,6H2,1-5H3/t19-,20+,21-,25-/m1/s1. The average molecular weight is 452 g/mol. The maximum Gasteiger partial charge on any atom is 0.326 e. The molecule has 4 atom stereocenters. The first-order chi connectivity index (χ1) is 15.7. The number of esters is 1. The van der Waals surface area contributed by atoms with E-state index in [4.69, 9.17) is 9.47 Å². The van der Waals surface area contributed by atoms with Gasteiger partial charge in [-0.15, -0.1) is 0 Å². The molecular formula is C25H29N3O5. The van der Waals surface area contributed by atoms with E-state index < -0.39 is 35.3 Å². The lowest BCUT2D eigenvalue weighted by Crippen LogP contribution is -2.54. The molecule has 2 aliphatic heterocycles. The highest BCUT2D eigenvalue weighted by Crippen LogP contribution is 2.50. The number of methoxy groups -OCH3 is 1. The Morgan fingerprint density at radius 1 is 1.06 bits per heavy atom. The molecule has 2 aromatic rings. The van der Waals surface area contributed by atoms with Gasteiger partial charge in [-0.25, -0.2) is 4.90 Å². The zero-order chi connectivity index (χ0) is 23.9. The summed E-state index contributed by atoms with van der Waals surface area (Å²) >= 11 is 0. The fourth-order valence-corrected chi connectivity index (χ4v) is 4.86. The van der Waals surface area contributed by atoms with E-state index in [2.05, 4.69) is 5.32 Å². The summed E-state index contributed by atoms with van der Waals surface area (Å²) in [5.74, 6) is -2.29. The Bertz CT molecular complexity index is 1070. The first-order valence-electron chi connectivity index (χ1n) is 11.0. The highest BCUT2D eigenvalue weighted by molar-refractivity contribution is 6.24. The van der Waals surface area contributed by atoms with E-state index >= 15 is 0 Å². The van der Waals surface area contributed by atoms with E-state index in [1.807, 2.05) is 43.3 Å². The second-order valence-electron chi connectivity index (χ2n) is 8.74. The van der Waals surface area contributed by atoms with E-state index in [-0.39, 0.29) is 12.5 Å². The molecule has 0 unspecified atom stereocenters. The number of ether oxygens (including phenoxy) is 2. The predicted octanol–water partition coefficient (Wildman–Crippen LogP) is 2.53. The number of hydrogen-bond donors (Lipinski definition) is 1. The SMILES string of the molecule is CCOC(=O)[C@]1(C)N[C@H](c2ccc(N(C)C)cc2)[C@@H]2C(=O)N(c3ccc(OC)cc3)C(=O)[C@H]21. The normalized spacial score (nSPS) is 26.3. The lowest BCUT2D eigenvalue weighted by Gasteiger charge is -2.29. The molecule has 174 valence electrons. The van der Waals surface area contributed by atoms with Gasteiger partial charge in [0.15, 0.2) is 0 Å². The van der Waals surface area contributed by atoms with Crippen LogP contribution in [0.3, 0.4) is 0 Å². The minimum Gasteiger partial charge on any atom is -0.497 e. The van der Waals surface area contributed by atoms with Crippen LogP contribution in [0.2, 0.25) is 0 Å². The molecule has 33 heavy (non-hydrogen) atoms. The van der Waals surface area contributed by atoms with Crippen LogP contribution >= 0.6 is 0 Å². The summed E-state index contributed by atoms with van der Waals surface area (Å²) in [5, 5.41) is 3.29. The van der Waals surface area contributed by atoms with E-state index in [0.717, 1.165) is 11.3 Å². The Morgan fingerprint density at radius 3 is 2.24 bits per heavy atom. The van der Waals surface area contributed by atoms with Crippen LogP contribution < -0.4 is 19.9 Å². The molecule has 0 aromatic heterocycles. The maximum atomic E-state index is 13.7. The van der Waals surface area contributed by atoms with E-state index in [1.165, 1.54) is 4.90 Å². The van der Waals surface area contributed by atoms with E-state index in [1.54, 1.807) is 45.2 Å². The Labute approximate surface area is 193 Å². The van der Waals surface area contributed by atoms with Gasteiger partial charge in [0.2, 0.25) is 11.8 Å². The summed E-state index contributed by atoms with van der Waals surface area (Å²) in [5.41, 5.74) is 0.962. The second-order valence-corrected chi connectivity index (χ2v) is 8.74. The second kappa shape index (κ2) is 8.51. The van der Waals surface area contributed by atoms with Gasteiger partial charge >= 0.3 is 5.97 Å². The number of carbonyl (C=O) groups is 3. The molecule has 1 N–H and O–H groups in total. The predicted molar refractivity (Wildman–Crippen MR) is 124 cm³/mol. The van der Waals surface area contributed by atoms with Crippen molar-refractivity contribution in [1.29, 1.82) is 0 Å². The zero-order valence-electron chi connectivity index (χ0n) is 19.5. The molecule has 2 heterocycles. The van der Waals surface area contributed by atoms with Crippen molar-refractivity contribution >= 4 is 29.2 Å². The fourth-order valence-electron chi connectivity index (χ4n) is 4.86. The molecule has 0 saturated carbocycles. The largest absolute Gasteiger partial charge is 0.497 e. The highest BCUT2D eigenvalue weighted by atomic mass is 16.5. The number of fused-ring (bicyclic) bond motifs is 1. The van der Waals surface area contributed by atoms with Crippen LogP contribution in [-0.2, 0) is 19.1 Å². The van der Waals surface area contributed by atoms with Gasteiger partial charge < -0.3 is 14.4 Å². The number of rotatable bonds is 6. The van der Waals surface area contributed by atoms with E-state index in [9.17, 15) is 14.4 Å². The highest BCUT2D eigenvalue weighted by Gasteiger charge is 2.67. The number of benzene rings is 2. The van der Waals surface area contributed by atoms with Gasteiger partial charge in [0.1, 0.15) is 11.3 Å². The molecule has 0 radical (unpaired) electrons. The lowest BCUT2D eigenvalue weighted by molar-refractivity contribution is -0.153. The van der Waals surface area contributed by atoms with Crippen LogP contribution in [0.1, 0.15) is 25.5 Å². The molecule has 8 heteroatoms. The number of nitrogens with one attached hydrogen (secondary N) is 1. The molecule has 2 aromatic carbocycles. The Kier molecular flexibility index (Phi) is 5.88. The summed E-state index contributed by atoms with van der Waals surface area (Å²) in [6.07, 6.45) is 0. The molecular weight excluding hydrogens is 422 g/mol. The third kappa shape index (κ3) is 3.64. The number of carbonyl (C=O) groups excluding carboxylic acids is 3. The summed E-state index contributed by atoms with van der Waals surface area (Å²) in [6, 6.07) is 14.0. The fraction of sp³-hybridized carbons (Fsp3) is 0.400. The lowest BCUT2D eigenvalue weighted by atomic mass is 9.80. The van der Waals surface area contributed by atoms with Crippen molar-refractivity contribution in [3.8, 4) is 5.75 Å². The molecule has 4 rings (SSSR count). The molecule has 0 spiro atoms. The summed E-state index contributed by atoms with van der Waals surface area (Å²) in [4.78, 5) is 43.5. The van der Waals surface area contributed by atoms with Gasteiger partial charge in [-0.1, -0.05) is 12.1 Å². The van der Waals surface area contributed by atoms with Crippen LogP contribution in [0.15, 0.2) is 48.5 Å². The van der Waals surface area contributed by atoms with Gasteiger partial charge in [0, 0.05) is 25.8 Å². The Hall–Kier alpha value is -3.39. The molecule has 2 amide bonds. The zero-order valence-corrected chi connectivity index (χ0v) is 19.5. The number of hydrogen-bond acceptors (Lipinski definition) is 7. The van der Waals surface area contributed by atoms with Crippen molar-refractivity contribution in [2.75, 3.05) is 37.6 Å². The summed E-state index contributed by atoms with van der Waals surface area (Å²) in [7, 11) is 5.44. The van der Waals surface area contributed by atoms with Crippen LogP contribution in [0.5, 0.6) is 5.75 Å². The molecule has 2 aliphatic rings. The van der Waals surface area contributed by atoms with Crippen molar-refractivity contribution in [3.63, 3.8) is 0 Å². The topological polar surface area (TPSA) is 88.2 Å². The first kappa shape index (κ1) is 22.8. The van der Waals surface area contributed by atoms with Crippen molar-refractivity contribution in [1.82, 2.24) is 5.32 Å². The smallest absolute Gasteiger partial charge is 0.326 e. The van der Waals surface area contributed by atoms with Gasteiger partial charge in [0.05, 0.1) is 31.2 Å². The minimum atomic E-state index is -1.33. The summed E-state index contributed by atoms with van der Waals surface area (Å²) in [6.45, 7) is 3.55. The first-order valence-corrected chi connectivity index (χ1v) is 11.0. The minimum absolute atomic E-state index is 0.181. The quantitative estimate of drug-likeness (QED) is 0.533. The van der Waals surface area contributed by atoms with Crippen molar-refractivity contribution in [2.45, 2.75) is 25.4 Å². The Balaban J connectivity index is 1.77. The Morgan fingerprint density at radius 2 is 1.70 bits per heavy atom. The third-order valence-electron chi connectivity index (χ3n) is 6.59. The van der Waals surface area contributed by atoms with Crippen LogP contribution in [0.4, 0.5) is 11.4 Å². The van der Waals surface area contributed by atoms with Crippen molar-refractivity contribution in [2.24, 2.45) is 11.8 Å². The summed E-state index contributed by atoms with van der Waals surface area (Å²) < 4.78 is 10.5. The monoisotopic (exact) mass is 451 g/mol.